The summed E-state index contributed by atoms with van der Waals surface area (Å²) >= 11 is 0. The van der Waals surface area contributed by atoms with Gasteiger partial charge in [0, 0.05) is 47.2 Å². The van der Waals surface area contributed by atoms with Crippen LogP contribution in [-0.4, -0.2) is 16.2 Å². The van der Waals surface area contributed by atoms with Crippen molar-refractivity contribution in [1.29, 1.82) is 0 Å². The molecule has 4 nitrogen and oxygen atoms in total. The minimum Gasteiger partial charge on any atom is -0.360 e. The second-order valence-corrected chi connectivity index (χ2v) is 6.63. The van der Waals surface area contributed by atoms with Crippen molar-refractivity contribution in [3.05, 3.63) is 59.9 Å². The Labute approximate surface area is 136 Å². The lowest BCUT2D eigenvalue weighted by Gasteiger charge is -2.38. The minimum absolute atomic E-state index is 0.216. The maximum atomic E-state index is 4.31. The summed E-state index contributed by atoms with van der Waals surface area (Å²) in [5, 5.41) is 3.29. The fourth-order valence-corrected chi connectivity index (χ4v) is 3.97. The Bertz CT molecular complexity index is 722. The minimum atomic E-state index is 0.216. The molecule has 0 amide bonds. The Morgan fingerprint density at radius 3 is 2.87 bits per heavy atom. The van der Waals surface area contributed by atoms with Crippen LogP contribution in [0, 0.1) is 0 Å². The molecule has 1 aromatic heterocycles. The van der Waals surface area contributed by atoms with Gasteiger partial charge in [0.15, 0.2) is 0 Å². The summed E-state index contributed by atoms with van der Waals surface area (Å²) in [6.07, 6.45) is 16.8. The Morgan fingerprint density at radius 2 is 2.04 bits per heavy atom. The van der Waals surface area contributed by atoms with Crippen molar-refractivity contribution in [3.8, 4) is 0 Å². The maximum absolute atomic E-state index is 4.31. The second-order valence-electron chi connectivity index (χ2n) is 6.63. The van der Waals surface area contributed by atoms with E-state index in [2.05, 4.69) is 38.5 Å². The molecule has 0 radical (unpaired) electrons. The Hall–Kier alpha value is -2.36. The van der Waals surface area contributed by atoms with Crippen LogP contribution in [0.5, 0.6) is 0 Å². The van der Waals surface area contributed by atoms with Gasteiger partial charge in [0.1, 0.15) is 0 Å². The summed E-state index contributed by atoms with van der Waals surface area (Å²) in [6.45, 7) is 0. The highest BCUT2D eigenvalue weighted by Crippen LogP contribution is 2.42. The molecule has 4 heteroatoms. The lowest BCUT2D eigenvalue weighted by molar-refractivity contribution is 0.288. The Kier molecular flexibility index (Phi) is 3.74. The summed E-state index contributed by atoms with van der Waals surface area (Å²) in [6, 6.07) is 6.80. The number of aromatic nitrogens is 2. The molecule has 118 valence electrons. The molecular formula is C19H22N4. The Balaban J connectivity index is 1.73. The number of aromatic amines is 1. The highest BCUT2D eigenvalue weighted by atomic mass is 14.9. The molecule has 1 saturated carbocycles. The number of nitrogens with zero attached hydrogens (tertiary/aromatic N) is 2. The van der Waals surface area contributed by atoms with Crippen LogP contribution in [0.3, 0.4) is 0 Å². The lowest BCUT2D eigenvalue weighted by Crippen LogP contribution is -2.32. The monoisotopic (exact) mass is 306 g/mol. The van der Waals surface area contributed by atoms with Gasteiger partial charge in [-0.25, -0.2) is 4.98 Å². The van der Waals surface area contributed by atoms with E-state index in [-0.39, 0.29) is 5.41 Å². The molecule has 2 aliphatic rings. The second kappa shape index (κ2) is 6.03. The number of benzene rings is 1. The first-order valence-corrected chi connectivity index (χ1v) is 8.42. The molecule has 2 heterocycles. The summed E-state index contributed by atoms with van der Waals surface area (Å²) in [4.78, 5) is 11.8. The van der Waals surface area contributed by atoms with E-state index >= 15 is 0 Å². The molecule has 4 rings (SSSR count). The van der Waals surface area contributed by atoms with Crippen molar-refractivity contribution < 1.29 is 0 Å². The quantitative estimate of drug-likeness (QED) is 0.894. The maximum Gasteiger partial charge on any atom is 0.0921 e. The number of aliphatic imine (C=N–C) groups is 1. The summed E-state index contributed by atoms with van der Waals surface area (Å²) in [5.74, 6) is 0. The average Bonchev–Trinajstić information content (AvgIpc) is 2.97. The highest BCUT2D eigenvalue weighted by molar-refractivity contribution is 5.89. The van der Waals surface area contributed by atoms with E-state index < -0.39 is 0 Å². The van der Waals surface area contributed by atoms with Gasteiger partial charge in [-0.1, -0.05) is 25.3 Å². The number of rotatable bonds is 3. The van der Waals surface area contributed by atoms with E-state index in [1.54, 1.807) is 12.5 Å². The third-order valence-corrected chi connectivity index (χ3v) is 5.17. The fourth-order valence-electron chi connectivity index (χ4n) is 3.97. The van der Waals surface area contributed by atoms with Gasteiger partial charge < -0.3 is 10.3 Å². The number of H-pyrrole nitrogens is 1. The normalized spacial score (nSPS) is 19.0. The number of hydrogen-bond donors (Lipinski definition) is 2. The zero-order valence-corrected chi connectivity index (χ0v) is 13.3. The van der Waals surface area contributed by atoms with Gasteiger partial charge in [-0.05, 0) is 37.0 Å². The van der Waals surface area contributed by atoms with Crippen molar-refractivity contribution in [2.45, 2.75) is 43.9 Å². The van der Waals surface area contributed by atoms with E-state index in [4.69, 9.17) is 0 Å². The molecule has 2 N–H and O–H groups in total. The average molecular weight is 306 g/mol. The smallest absolute Gasteiger partial charge is 0.0921 e. The molecule has 23 heavy (non-hydrogen) atoms. The van der Waals surface area contributed by atoms with Gasteiger partial charge in [0.05, 0.1) is 6.33 Å². The standard InChI is InChI=1S/C19H22N4/c1-2-6-19(7-3-1,11-17-13-21-14-23-17)16-4-5-18-15(10-16)12-20-8-9-22-18/h4-5,8-10,12-14,22H,1-3,6-7,11H2,(H,21,23). The van der Waals surface area contributed by atoms with Crippen LogP contribution >= 0.6 is 0 Å². The van der Waals surface area contributed by atoms with Crippen LogP contribution in [0.2, 0.25) is 0 Å². The van der Waals surface area contributed by atoms with Crippen LogP contribution in [0.25, 0.3) is 0 Å². The number of nitrogens with one attached hydrogen (secondary N) is 2. The van der Waals surface area contributed by atoms with Crippen LogP contribution in [0.1, 0.15) is 48.9 Å². The van der Waals surface area contributed by atoms with E-state index in [1.165, 1.54) is 48.9 Å². The molecule has 1 aliphatic carbocycles. The summed E-state index contributed by atoms with van der Waals surface area (Å²) in [5.41, 5.74) is 5.17. The number of fused-ring (bicyclic) bond motifs is 1. The van der Waals surface area contributed by atoms with Crippen LogP contribution < -0.4 is 5.32 Å². The topological polar surface area (TPSA) is 53.1 Å². The molecule has 0 spiro atoms. The van der Waals surface area contributed by atoms with E-state index in [1.807, 2.05) is 18.6 Å². The molecule has 1 aromatic carbocycles. The third kappa shape index (κ3) is 2.81. The van der Waals surface area contributed by atoms with E-state index in [9.17, 15) is 0 Å². The van der Waals surface area contributed by atoms with Crippen LogP contribution in [0.15, 0.2) is 48.1 Å². The molecule has 1 fully saturated rings. The van der Waals surface area contributed by atoms with Crippen molar-refractivity contribution >= 4 is 11.9 Å². The number of hydrogen-bond acceptors (Lipinski definition) is 3. The first kappa shape index (κ1) is 14.2. The van der Waals surface area contributed by atoms with Gasteiger partial charge in [-0.15, -0.1) is 0 Å². The fraction of sp³-hybridized carbons (Fsp3) is 0.368. The first-order valence-electron chi connectivity index (χ1n) is 8.42. The van der Waals surface area contributed by atoms with Crippen molar-refractivity contribution in [2.24, 2.45) is 4.99 Å². The third-order valence-electron chi connectivity index (χ3n) is 5.17. The molecule has 2 aromatic rings. The van der Waals surface area contributed by atoms with Crippen molar-refractivity contribution in [1.82, 2.24) is 9.97 Å². The predicted octanol–water partition coefficient (Wildman–Crippen LogP) is 4.17. The molecule has 0 bridgehead atoms. The SMILES string of the molecule is C1=CNc2ccc(C3(Cc4cnc[nH]4)CCCCC3)cc2C=N1. The molecular weight excluding hydrogens is 284 g/mol. The predicted molar refractivity (Wildman–Crippen MR) is 93.9 cm³/mol. The van der Waals surface area contributed by atoms with E-state index in [0.29, 0.717) is 0 Å². The lowest BCUT2D eigenvalue weighted by atomic mass is 9.66. The largest absolute Gasteiger partial charge is 0.360 e. The van der Waals surface area contributed by atoms with Crippen LogP contribution in [-0.2, 0) is 11.8 Å². The van der Waals surface area contributed by atoms with Crippen LogP contribution in [0.4, 0.5) is 5.69 Å². The molecule has 0 unspecified atom stereocenters. The van der Waals surface area contributed by atoms with Gasteiger partial charge in [0.2, 0.25) is 0 Å². The summed E-state index contributed by atoms with van der Waals surface area (Å²) < 4.78 is 0. The molecule has 0 atom stereocenters. The zero-order valence-electron chi connectivity index (χ0n) is 13.3. The van der Waals surface area contributed by atoms with Gasteiger partial charge >= 0.3 is 0 Å². The van der Waals surface area contributed by atoms with Crippen molar-refractivity contribution in [2.75, 3.05) is 5.32 Å². The first-order chi connectivity index (χ1) is 11.4. The molecule has 1 aliphatic heterocycles. The zero-order chi connectivity index (χ0) is 15.5. The van der Waals surface area contributed by atoms with Gasteiger partial charge in [-0.2, -0.15) is 0 Å². The van der Waals surface area contributed by atoms with Gasteiger partial charge in [-0.3, -0.25) is 4.99 Å². The number of anilines is 1. The Morgan fingerprint density at radius 1 is 1.13 bits per heavy atom. The van der Waals surface area contributed by atoms with Gasteiger partial charge in [0.25, 0.3) is 0 Å². The number of imidazole rings is 1. The van der Waals surface area contributed by atoms with Crippen molar-refractivity contribution in [3.63, 3.8) is 0 Å². The highest BCUT2D eigenvalue weighted by Gasteiger charge is 2.34. The molecule has 0 saturated heterocycles. The van der Waals surface area contributed by atoms with E-state index in [0.717, 1.165) is 12.1 Å². The summed E-state index contributed by atoms with van der Waals surface area (Å²) in [7, 11) is 0.